The number of nitrogens with zero attached hydrogens (tertiary/aromatic N) is 3. The number of benzene rings is 1. The number of likely N-dealkylation sites (N-methyl/N-ethyl adjacent to an activating group) is 1. The number of aromatic nitrogens is 1. The highest BCUT2D eigenvalue weighted by molar-refractivity contribution is 5.89. The van der Waals surface area contributed by atoms with Crippen molar-refractivity contribution in [2.24, 2.45) is 13.0 Å². The van der Waals surface area contributed by atoms with E-state index in [1.807, 2.05) is 0 Å². The molecule has 2 aliphatic heterocycles. The Morgan fingerprint density at radius 2 is 2.07 bits per heavy atom. The van der Waals surface area contributed by atoms with E-state index in [0.717, 1.165) is 19.4 Å². The smallest absolute Gasteiger partial charge is 0.409 e. The van der Waals surface area contributed by atoms with Crippen molar-refractivity contribution in [3.8, 4) is 0 Å². The maximum atomic E-state index is 12.2. The third-order valence-electron chi connectivity index (χ3n) is 7.14. The van der Waals surface area contributed by atoms with Crippen LogP contribution in [0.15, 0.2) is 24.4 Å². The molecule has 0 bridgehead atoms. The normalized spacial score (nSPS) is 27.1. The molecule has 1 aromatic heterocycles. The molecule has 3 atom stereocenters. The van der Waals surface area contributed by atoms with Crippen molar-refractivity contribution in [3.63, 3.8) is 0 Å². The first-order chi connectivity index (χ1) is 14.1. The number of ether oxygens (including phenoxy) is 2. The number of fused-ring (bicyclic) bond motifs is 2. The van der Waals surface area contributed by atoms with Crippen molar-refractivity contribution in [1.29, 1.82) is 0 Å². The first-order valence-corrected chi connectivity index (χ1v) is 10.9. The average molecular weight is 398 g/mol. The Morgan fingerprint density at radius 3 is 2.90 bits per heavy atom. The zero-order chi connectivity index (χ0) is 20.0. The van der Waals surface area contributed by atoms with Crippen molar-refractivity contribution in [2.45, 2.75) is 31.2 Å². The maximum Gasteiger partial charge on any atom is 0.409 e. The zero-order valence-electron chi connectivity index (χ0n) is 17.5. The number of rotatable bonds is 3. The van der Waals surface area contributed by atoms with Crippen LogP contribution in [0.5, 0.6) is 0 Å². The van der Waals surface area contributed by atoms with E-state index in [9.17, 15) is 4.79 Å². The Balaban J connectivity index is 1.26. The lowest BCUT2D eigenvalue weighted by atomic mass is 9.72. The number of carbonyl (C=O) groups excluding carboxylic acids is 1. The predicted octanol–water partition coefficient (Wildman–Crippen LogP) is 3.00. The van der Waals surface area contributed by atoms with Crippen LogP contribution in [0, 0.1) is 5.92 Å². The molecule has 3 aliphatic rings. The van der Waals surface area contributed by atoms with Crippen LogP contribution < -0.4 is 0 Å². The summed E-state index contributed by atoms with van der Waals surface area (Å²) in [5.41, 5.74) is 4.35. The summed E-state index contributed by atoms with van der Waals surface area (Å²) in [5, 5.41) is 1.48. The third-order valence-corrected chi connectivity index (χ3v) is 7.14. The molecule has 6 heteroatoms. The number of amides is 1. The molecule has 0 saturated carbocycles. The summed E-state index contributed by atoms with van der Waals surface area (Å²) >= 11 is 0. The predicted molar refractivity (Wildman–Crippen MR) is 112 cm³/mol. The monoisotopic (exact) mass is 397 g/mol. The molecule has 3 heterocycles. The van der Waals surface area contributed by atoms with Crippen LogP contribution in [0.25, 0.3) is 10.9 Å². The van der Waals surface area contributed by atoms with Crippen molar-refractivity contribution >= 4 is 17.0 Å². The lowest BCUT2D eigenvalue weighted by molar-refractivity contribution is 0.0232. The molecule has 29 heavy (non-hydrogen) atoms. The summed E-state index contributed by atoms with van der Waals surface area (Å²) in [6.07, 6.45) is 5.37. The lowest BCUT2D eigenvalue weighted by Gasteiger charge is -2.45. The van der Waals surface area contributed by atoms with Crippen LogP contribution in [0.2, 0.25) is 0 Å². The molecule has 1 unspecified atom stereocenters. The van der Waals surface area contributed by atoms with Crippen LogP contribution in [-0.2, 0) is 22.9 Å². The molecule has 0 spiro atoms. The zero-order valence-corrected chi connectivity index (χ0v) is 17.5. The SMILES string of the molecule is CN1CC(CCOC(=O)N2CCOCC2)C[C@@H]2c3cccc4c3c(cn4C)C[C@H]21. The van der Waals surface area contributed by atoms with Crippen LogP contribution >= 0.6 is 0 Å². The quantitative estimate of drug-likeness (QED) is 0.799. The highest BCUT2D eigenvalue weighted by Crippen LogP contribution is 2.45. The minimum atomic E-state index is -0.188. The Bertz CT molecular complexity index is 902. The fourth-order valence-electron chi connectivity index (χ4n) is 5.69. The molecule has 1 aliphatic carbocycles. The first kappa shape index (κ1) is 18.9. The van der Waals surface area contributed by atoms with Crippen molar-refractivity contribution < 1.29 is 14.3 Å². The van der Waals surface area contributed by atoms with Crippen molar-refractivity contribution in [2.75, 3.05) is 46.5 Å². The molecule has 5 rings (SSSR count). The fraction of sp³-hybridized carbons (Fsp3) is 0.609. The average Bonchev–Trinajstić information content (AvgIpc) is 3.06. The van der Waals surface area contributed by atoms with Crippen molar-refractivity contribution in [1.82, 2.24) is 14.4 Å². The number of hydrogen-bond acceptors (Lipinski definition) is 4. The minimum absolute atomic E-state index is 0.188. The van der Waals surface area contributed by atoms with Gasteiger partial charge in [0.2, 0.25) is 0 Å². The minimum Gasteiger partial charge on any atom is -0.449 e. The fourth-order valence-corrected chi connectivity index (χ4v) is 5.69. The van der Waals surface area contributed by atoms with Gasteiger partial charge < -0.3 is 23.8 Å². The van der Waals surface area contributed by atoms with E-state index in [0.29, 0.717) is 50.8 Å². The number of piperidine rings is 1. The van der Waals surface area contributed by atoms with Gasteiger partial charge in [0.05, 0.1) is 19.8 Å². The first-order valence-electron chi connectivity index (χ1n) is 10.9. The number of aryl methyl sites for hydroxylation is 1. The van der Waals surface area contributed by atoms with E-state index in [-0.39, 0.29) is 6.09 Å². The Hall–Kier alpha value is -2.05. The largest absolute Gasteiger partial charge is 0.449 e. The molecule has 6 nitrogen and oxygen atoms in total. The lowest BCUT2D eigenvalue weighted by Crippen LogP contribution is -2.48. The number of carbonyl (C=O) groups is 1. The molecule has 156 valence electrons. The second kappa shape index (κ2) is 7.65. The Morgan fingerprint density at radius 1 is 1.24 bits per heavy atom. The molecule has 2 saturated heterocycles. The molecule has 0 radical (unpaired) electrons. The van der Waals surface area contributed by atoms with E-state index in [1.54, 1.807) is 4.90 Å². The summed E-state index contributed by atoms with van der Waals surface area (Å²) in [6.45, 7) is 4.08. The number of likely N-dealkylation sites (tertiary alicyclic amines) is 1. The van der Waals surface area contributed by atoms with E-state index in [4.69, 9.17) is 9.47 Å². The van der Waals surface area contributed by atoms with Gasteiger partial charge in [-0.2, -0.15) is 0 Å². The molecule has 0 N–H and O–H groups in total. The Labute approximate surface area is 172 Å². The van der Waals surface area contributed by atoms with Crippen molar-refractivity contribution in [3.05, 3.63) is 35.5 Å². The van der Waals surface area contributed by atoms with E-state index in [2.05, 4.69) is 48.0 Å². The molecule has 1 amide bonds. The van der Waals surface area contributed by atoms with Gasteiger partial charge in [0.25, 0.3) is 0 Å². The van der Waals surface area contributed by atoms with Crippen LogP contribution in [0.4, 0.5) is 4.79 Å². The van der Waals surface area contributed by atoms with Crippen LogP contribution in [0.3, 0.4) is 0 Å². The van der Waals surface area contributed by atoms with Gasteiger partial charge in [-0.15, -0.1) is 0 Å². The highest BCUT2D eigenvalue weighted by Gasteiger charge is 2.39. The summed E-state index contributed by atoms with van der Waals surface area (Å²) in [5.74, 6) is 1.12. The molecule has 1 aromatic carbocycles. The Kier molecular flexibility index (Phi) is 5.00. The molecular formula is C23H31N3O3. The maximum absolute atomic E-state index is 12.2. The number of hydrogen-bond donors (Lipinski definition) is 0. The van der Waals surface area contributed by atoms with Crippen LogP contribution in [0.1, 0.15) is 29.9 Å². The van der Waals surface area contributed by atoms with E-state index >= 15 is 0 Å². The standard InChI is InChI=1S/C23H31N3O3/c1-24-14-16(6-9-29-23(27)26-7-10-28-11-8-26)12-19-18-4-3-5-20-22(18)17(13-21(19)24)15-25(20)2/h3-5,15-16,19,21H,6-14H2,1-2H3/t16?,19-,21-/m1/s1. The van der Waals surface area contributed by atoms with E-state index in [1.165, 1.54) is 28.5 Å². The van der Waals surface area contributed by atoms with Gasteiger partial charge in [-0.05, 0) is 49.4 Å². The van der Waals surface area contributed by atoms with Gasteiger partial charge in [0.15, 0.2) is 0 Å². The van der Waals surface area contributed by atoms with Gasteiger partial charge in [-0.3, -0.25) is 0 Å². The highest BCUT2D eigenvalue weighted by atomic mass is 16.6. The van der Waals surface area contributed by atoms with Gasteiger partial charge in [-0.1, -0.05) is 12.1 Å². The van der Waals surface area contributed by atoms with E-state index < -0.39 is 0 Å². The second-order valence-electron chi connectivity index (χ2n) is 8.93. The number of morpholine rings is 1. The second-order valence-corrected chi connectivity index (χ2v) is 8.93. The topological polar surface area (TPSA) is 46.9 Å². The molecular weight excluding hydrogens is 366 g/mol. The molecule has 2 fully saturated rings. The van der Waals surface area contributed by atoms with Gasteiger partial charge in [0, 0.05) is 55.7 Å². The van der Waals surface area contributed by atoms with Crippen LogP contribution in [-0.4, -0.2) is 73.0 Å². The summed E-state index contributed by atoms with van der Waals surface area (Å²) in [7, 11) is 4.41. The third kappa shape index (κ3) is 3.42. The molecule has 2 aromatic rings. The van der Waals surface area contributed by atoms with Gasteiger partial charge >= 0.3 is 6.09 Å². The van der Waals surface area contributed by atoms with Gasteiger partial charge in [-0.25, -0.2) is 4.79 Å². The van der Waals surface area contributed by atoms with Gasteiger partial charge in [0.1, 0.15) is 0 Å². The summed E-state index contributed by atoms with van der Waals surface area (Å²) < 4.78 is 13.2. The summed E-state index contributed by atoms with van der Waals surface area (Å²) in [6, 6.07) is 7.34. The summed E-state index contributed by atoms with van der Waals surface area (Å²) in [4.78, 5) is 16.5.